The van der Waals surface area contributed by atoms with Gasteiger partial charge in [0.15, 0.2) is 0 Å². The fourth-order valence-corrected chi connectivity index (χ4v) is 4.08. The maximum absolute atomic E-state index is 12.7. The van der Waals surface area contributed by atoms with E-state index in [1.165, 1.54) is 6.26 Å². The number of carbonyl (C=O) groups is 1. The largest absolute Gasteiger partial charge is 0.497 e. The summed E-state index contributed by atoms with van der Waals surface area (Å²) in [6.45, 7) is 1.98. The highest BCUT2D eigenvalue weighted by Gasteiger charge is 2.14. The van der Waals surface area contributed by atoms with E-state index in [0.29, 0.717) is 34.5 Å². The summed E-state index contributed by atoms with van der Waals surface area (Å²) in [6, 6.07) is 19.6. The number of carbonyl (C=O) groups excluding carboxylic acids is 1. The number of benzene rings is 3. The fraction of sp³-hybridized carbons (Fsp3) is 0.143. The molecular weight excluding hydrogens is 444 g/mol. The van der Waals surface area contributed by atoms with Crippen molar-refractivity contribution in [1.82, 2.24) is 10.3 Å². The predicted octanol–water partition coefficient (Wildman–Crippen LogP) is 5.44. The summed E-state index contributed by atoms with van der Waals surface area (Å²) >= 11 is 0. The summed E-state index contributed by atoms with van der Waals surface area (Å²) in [5, 5.41) is 4.59. The van der Waals surface area contributed by atoms with Gasteiger partial charge in [0.05, 0.1) is 12.5 Å². The number of aromatic amines is 1. The van der Waals surface area contributed by atoms with Crippen molar-refractivity contribution in [3.05, 3.63) is 101 Å². The standard InChI is InChI=1S/C28H24N2O5/c1-17(13-19-15-29-24-6-4-3-5-22(19)24)30-28(32)18-7-9-20(10-8-18)35-26-16-34-25-14-21(33-2)11-12-23(25)27(26)31/h3-12,14-17,29H,13H2,1-2H3,(H,30,32)/t17-/m1/s1. The first-order valence-corrected chi connectivity index (χ1v) is 11.2. The highest BCUT2D eigenvalue weighted by Crippen LogP contribution is 2.24. The Hall–Kier alpha value is -4.52. The summed E-state index contributed by atoms with van der Waals surface area (Å²) in [5.74, 6) is 0.905. The molecule has 3 aromatic carbocycles. The molecule has 0 fully saturated rings. The molecule has 0 aliphatic rings. The van der Waals surface area contributed by atoms with E-state index in [1.54, 1.807) is 49.6 Å². The van der Waals surface area contributed by atoms with Crippen LogP contribution in [0.3, 0.4) is 0 Å². The quantitative estimate of drug-likeness (QED) is 0.332. The van der Waals surface area contributed by atoms with E-state index in [-0.39, 0.29) is 23.1 Å². The number of para-hydroxylation sites is 1. The lowest BCUT2D eigenvalue weighted by atomic mass is 10.1. The van der Waals surface area contributed by atoms with Gasteiger partial charge in [0, 0.05) is 34.8 Å². The van der Waals surface area contributed by atoms with Gasteiger partial charge in [-0.25, -0.2) is 0 Å². The van der Waals surface area contributed by atoms with Gasteiger partial charge in [-0.1, -0.05) is 18.2 Å². The minimum Gasteiger partial charge on any atom is -0.497 e. The van der Waals surface area contributed by atoms with Gasteiger partial charge >= 0.3 is 0 Å². The molecule has 0 radical (unpaired) electrons. The molecule has 5 aromatic rings. The highest BCUT2D eigenvalue weighted by atomic mass is 16.5. The van der Waals surface area contributed by atoms with Gasteiger partial charge in [0.1, 0.15) is 23.3 Å². The van der Waals surface area contributed by atoms with E-state index in [9.17, 15) is 9.59 Å². The molecule has 2 N–H and O–H groups in total. The zero-order valence-corrected chi connectivity index (χ0v) is 19.3. The van der Waals surface area contributed by atoms with Crippen LogP contribution < -0.4 is 20.2 Å². The smallest absolute Gasteiger partial charge is 0.251 e. The van der Waals surface area contributed by atoms with Crippen molar-refractivity contribution in [1.29, 1.82) is 0 Å². The van der Waals surface area contributed by atoms with E-state index in [1.807, 2.05) is 31.3 Å². The van der Waals surface area contributed by atoms with E-state index in [2.05, 4.69) is 16.4 Å². The Bertz CT molecular complexity index is 1570. The molecule has 0 spiro atoms. The van der Waals surface area contributed by atoms with E-state index >= 15 is 0 Å². The molecule has 0 saturated carbocycles. The second-order valence-corrected chi connectivity index (χ2v) is 8.36. The SMILES string of the molecule is COc1ccc2c(=O)c(Oc3ccc(C(=O)N[C@H](C)Cc4c[nH]c5ccccc45)cc3)coc2c1. The van der Waals surface area contributed by atoms with Crippen molar-refractivity contribution in [2.24, 2.45) is 0 Å². The van der Waals surface area contributed by atoms with Gasteiger partial charge < -0.3 is 24.2 Å². The first kappa shape index (κ1) is 22.3. The third-order valence-corrected chi connectivity index (χ3v) is 5.87. The topological polar surface area (TPSA) is 93.6 Å². The Balaban J connectivity index is 1.25. The number of methoxy groups -OCH3 is 1. The average Bonchev–Trinajstić information content (AvgIpc) is 3.28. The maximum Gasteiger partial charge on any atom is 0.251 e. The Labute approximate surface area is 201 Å². The first-order valence-electron chi connectivity index (χ1n) is 11.2. The second-order valence-electron chi connectivity index (χ2n) is 8.36. The molecule has 0 saturated heterocycles. The zero-order chi connectivity index (χ0) is 24.4. The van der Waals surface area contributed by atoms with Crippen molar-refractivity contribution in [2.75, 3.05) is 7.11 Å². The van der Waals surface area contributed by atoms with Gasteiger partial charge in [-0.15, -0.1) is 0 Å². The van der Waals surface area contributed by atoms with Crippen molar-refractivity contribution >= 4 is 27.8 Å². The van der Waals surface area contributed by atoms with Crippen LogP contribution in [0.1, 0.15) is 22.8 Å². The number of nitrogens with one attached hydrogen (secondary N) is 2. The van der Waals surface area contributed by atoms with Crippen molar-refractivity contribution in [3.8, 4) is 17.2 Å². The third-order valence-electron chi connectivity index (χ3n) is 5.87. The number of fused-ring (bicyclic) bond motifs is 2. The number of amides is 1. The predicted molar refractivity (Wildman–Crippen MR) is 134 cm³/mol. The Morgan fingerprint density at radius 1 is 1.03 bits per heavy atom. The van der Waals surface area contributed by atoms with E-state index in [4.69, 9.17) is 13.9 Å². The van der Waals surface area contributed by atoms with E-state index < -0.39 is 0 Å². The van der Waals surface area contributed by atoms with Gasteiger partial charge in [-0.05, 0) is 61.4 Å². The van der Waals surface area contributed by atoms with Crippen molar-refractivity contribution < 1.29 is 18.7 Å². The van der Waals surface area contributed by atoms with Gasteiger partial charge in [-0.3, -0.25) is 9.59 Å². The molecule has 2 heterocycles. The number of ether oxygens (including phenoxy) is 2. The first-order chi connectivity index (χ1) is 17.0. The number of hydrogen-bond donors (Lipinski definition) is 2. The lowest BCUT2D eigenvalue weighted by Crippen LogP contribution is -2.34. The Morgan fingerprint density at radius 3 is 2.60 bits per heavy atom. The fourth-order valence-electron chi connectivity index (χ4n) is 4.08. The van der Waals surface area contributed by atoms with Crippen LogP contribution in [0.5, 0.6) is 17.2 Å². The van der Waals surface area contributed by atoms with Crippen LogP contribution in [0.25, 0.3) is 21.9 Å². The van der Waals surface area contributed by atoms with Crippen LogP contribution in [0.2, 0.25) is 0 Å². The molecule has 7 heteroatoms. The lowest BCUT2D eigenvalue weighted by molar-refractivity contribution is 0.0940. The van der Waals surface area contributed by atoms with Crippen LogP contribution in [-0.4, -0.2) is 24.0 Å². The Kier molecular flexibility index (Phi) is 5.97. The van der Waals surface area contributed by atoms with Crippen LogP contribution >= 0.6 is 0 Å². The van der Waals surface area contributed by atoms with Crippen LogP contribution in [0, 0.1) is 0 Å². The molecule has 2 aromatic heterocycles. The molecule has 5 rings (SSSR count). The third kappa shape index (κ3) is 4.61. The molecule has 0 unspecified atom stereocenters. The number of H-pyrrole nitrogens is 1. The summed E-state index contributed by atoms with van der Waals surface area (Å²) < 4.78 is 16.4. The van der Waals surface area contributed by atoms with Gasteiger partial charge in [0.25, 0.3) is 5.91 Å². The molecule has 0 aliphatic carbocycles. The molecule has 0 bridgehead atoms. The monoisotopic (exact) mass is 468 g/mol. The minimum atomic E-state index is -0.290. The summed E-state index contributed by atoms with van der Waals surface area (Å²) in [6.07, 6.45) is 3.97. The molecule has 7 nitrogen and oxygen atoms in total. The average molecular weight is 469 g/mol. The summed E-state index contributed by atoms with van der Waals surface area (Å²) in [7, 11) is 1.55. The molecule has 176 valence electrons. The normalized spacial score (nSPS) is 11.9. The number of hydrogen-bond acceptors (Lipinski definition) is 5. The minimum absolute atomic E-state index is 0.0570. The lowest BCUT2D eigenvalue weighted by Gasteiger charge is -2.14. The van der Waals surface area contributed by atoms with Gasteiger partial charge in [-0.2, -0.15) is 0 Å². The highest BCUT2D eigenvalue weighted by molar-refractivity contribution is 5.94. The zero-order valence-electron chi connectivity index (χ0n) is 19.3. The second kappa shape index (κ2) is 9.38. The molecule has 1 atom stereocenters. The van der Waals surface area contributed by atoms with Crippen LogP contribution in [0.15, 0.2) is 88.4 Å². The van der Waals surface area contributed by atoms with Crippen LogP contribution in [0.4, 0.5) is 0 Å². The summed E-state index contributed by atoms with van der Waals surface area (Å²) in [5.41, 5.74) is 2.86. The maximum atomic E-state index is 12.7. The van der Waals surface area contributed by atoms with Crippen molar-refractivity contribution in [2.45, 2.75) is 19.4 Å². The number of aromatic nitrogens is 1. The molecule has 0 aliphatic heterocycles. The van der Waals surface area contributed by atoms with Crippen molar-refractivity contribution in [3.63, 3.8) is 0 Å². The molecule has 1 amide bonds. The van der Waals surface area contributed by atoms with E-state index in [0.717, 1.165) is 16.5 Å². The summed E-state index contributed by atoms with van der Waals surface area (Å²) in [4.78, 5) is 28.7. The molecular formula is C28H24N2O5. The Morgan fingerprint density at radius 2 is 1.80 bits per heavy atom. The van der Waals surface area contributed by atoms with Gasteiger partial charge in [0.2, 0.25) is 11.2 Å². The van der Waals surface area contributed by atoms with Crippen LogP contribution in [-0.2, 0) is 6.42 Å². The molecule has 35 heavy (non-hydrogen) atoms. The number of rotatable bonds is 7.